The van der Waals surface area contributed by atoms with Crippen molar-refractivity contribution >= 4 is 17.5 Å². The van der Waals surface area contributed by atoms with E-state index in [-0.39, 0.29) is 17.5 Å². The first-order valence-corrected chi connectivity index (χ1v) is 9.20. The van der Waals surface area contributed by atoms with Gasteiger partial charge in [-0.1, -0.05) is 44.9 Å². The van der Waals surface area contributed by atoms with Gasteiger partial charge in [0.2, 0.25) is 0 Å². The minimum Gasteiger partial charge on any atom is -0.352 e. The number of para-hydroxylation sites is 1. The molecule has 0 aliphatic carbocycles. The van der Waals surface area contributed by atoms with Crippen LogP contribution in [0.3, 0.4) is 0 Å². The van der Waals surface area contributed by atoms with Crippen molar-refractivity contribution in [2.75, 3.05) is 11.9 Å². The van der Waals surface area contributed by atoms with E-state index in [1.165, 1.54) is 12.3 Å². The molecule has 0 saturated heterocycles. The topological polar surface area (TPSA) is 71.1 Å². The Bertz CT molecular complexity index is 772. The molecular formula is C21H27N3O2. The lowest BCUT2D eigenvalue weighted by atomic mass is 10.1. The Morgan fingerprint density at radius 2 is 1.88 bits per heavy atom. The summed E-state index contributed by atoms with van der Waals surface area (Å²) in [7, 11) is 0. The molecule has 0 aliphatic rings. The second-order valence-electron chi connectivity index (χ2n) is 6.31. The van der Waals surface area contributed by atoms with Crippen molar-refractivity contribution in [1.29, 1.82) is 0 Å². The van der Waals surface area contributed by atoms with E-state index >= 15 is 0 Å². The van der Waals surface area contributed by atoms with Gasteiger partial charge in [-0.05, 0) is 43.0 Å². The van der Waals surface area contributed by atoms with E-state index in [9.17, 15) is 9.59 Å². The lowest BCUT2D eigenvalue weighted by Crippen LogP contribution is -2.25. The van der Waals surface area contributed by atoms with Crippen molar-refractivity contribution in [3.8, 4) is 0 Å². The van der Waals surface area contributed by atoms with Crippen LogP contribution in [0.5, 0.6) is 0 Å². The highest BCUT2D eigenvalue weighted by molar-refractivity contribution is 6.05. The fourth-order valence-corrected chi connectivity index (χ4v) is 2.75. The molecule has 2 N–H and O–H groups in total. The Labute approximate surface area is 155 Å². The fraction of sp³-hybridized carbons (Fsp3) is 0.381. The largest absolute Gasteiger partial charge is 0.352 e. The van der Waals surface area contributed by atoms with Crippen LogP contribution in [0.15, 0.2) is 36.5 Å². The van der Waals surface area contributed by atoms with Crippen molar-refractivity contribution < 1.29 is 9.59 Å². The van der Waals surface area contributed by atoms with Crippen LogP contribution in [0.2, 0.25) is 0 Å². The number of benzene rings is 1. The molecule has 0 atom stereocenters. The maximum absolute atomic E-state index is 12.6. The lowest BCUT2D eigenvalue weighted by Gasteiger charge is -2.13. The molecule has 26 heavy (non-hydrogen) atoms. The molecule has 1 heterocycles. The van der Waals surface area contributed by atoms with Gasteiger partial charge in [-0.2, -0.15) is 0 Å². The van der Waals surface area contributed by atoms with Crippen molar-refractivity contribution in [2.24, 2.45) is 0 Å². The SMILES string of the molecule is CCCCCNC(=O)c1ccnc(C(=O)Nc2c(C)cccc2CC)c1. The maximum atomic E-state index is 12.6. The summed E-state index contributed by atoms with van der Waals surface area (Å²) in [5.74, 6) is -0.489. The average molecular weight is 353 g/mol. The smallest absolute Gasteiger partial charge is 0.274 e. The number of nitrogens with one attached hydrogen (secondary N) is 2. The van der Waals surface area contributed by atoms with E-state index in [1.54, 1.807) is 6.07 Å². The molecule has 138 valence electrons. The highest BCUT2D eigenvalue weighted by Gasteiger charge is 2.14. The van der Waals surface area contributed by atoms with Crippen LogP contribution in [0, 0.1) is 6.92 Å². The fourth-order valence-electron chi connectivity index (χ4n) is 2.75. The zero-order valence-electron chi connectivity index (χ0n) is 15.8. The van der Waals surface area contributed by atoms with E-state index in [4.69, 9.17) is 0 Å². The molecule has 1 aromatic heterocycles. The molecular weight excluding hydrogens is 326 g/mol. The normalized spacial score (nSPS) is 10.4. The van der Waals surface area contributed by atoms with Gasteiger partial charge in [-0.25, -0.2) is 0 Å². The highest BCUT2D eigenvalue weighted by Crippen LogP contribution is 2.21. The van der Waals surface area contributed by atoms with Crippen LogP contribution in [0.1, 0.15) is 65.1 Å². The first-order chi connectivity index (χ1) is 12.6. The molecule has 2 aromatic rings. The molecule has 2 rings (SSSR count). The van der Waals surface area contributed by atoms with E-state index < -0.39 is 0 Å². The minimum atomic E-state index is -0.311. The Morgan fingerprint density at radius 3 is 2.62 bits per heavy atom. The quantitative estimate of drug-likeness (QED) is 0.701. The Kier molecular flexibility index (Phi) is 7.33. The number of carbonyl (C=O) groups is 2. The molecule has 0 saturated carbocycles. The number of nitrogens with zero attached hydrogens (tertiary/aromatic N) is 1. The third kappa shape index (κ3) is 5.15. The predicted molar refractivity (Wildman–Crippen MR) is 105 cm³/mol. The van der Waals surface area contributed by atoms with E-state index in [0.29, 0.717) is 12.1 Å². The van der Waals surface area contributed by atoms with Gasteiger partial charge in [0, 0.05) is 24.0 Å². The van der Waals surface area contributed by atoms with Gasteiger partial charge in [0.25, 0.3) is 11.8 Å². The lowest BCUT2D eigenvalue weighted by molar-refractivity contribution is 0.0953. The summed E-state index contributed by atoms with van der Waals surface area (Å²) < 4.78 is 0. The van der Waals surface area contributed by atoms with Gasteiger partial charge in [0.05, 0.1) is 0 Å². The summed E-state index contributed by atoms with van der Waals surface area (Å²) in [5, 5.41) is 5.82. The maximum Gasteiger partial charge on any atom is 0.274 e. The van der Waals surface area contributed by atoms with Gasteiger partial charge < -0.3 is 10.6 Å². The third-order valence-electron chi connectivity index (χ3n) is 4.30. The molecule has 2 amide bonds. The summed E-state index contributed by atoms with van der Waals surface area (Å²) in [4.78, 5) is 28.9. The second kappa shape index (κ2) is 9.70. The number of aryl methyl sites for hydroxylation is 2. The number of amides is 2. The van der Waals surface area contributed by atoms with Crippen LogP contribution in [-0.4, -0.2) is 23.3 Å². The number of anilines is 1. The zero-order chi connectivity index (χ0) is 18.9. The summed E-state index contributed by atoms with van der Waals surface area (Å²) >= 11 is 0. The first kappa shape index (κ1) is 19.6. The van der Waals surface area contributed by atoms with E-state index in [0.717, 1.165) is 42.5 Å². The van der Waals surface area contributed by atoms with Crippen molar-refractivity contribution in [2.45, 2.75) is 46.5 Å². The summed E-state index contributed by atoms with van der Waals surface area (Å²) in [6.45, 7) is 6.77. The van der Waals surface area contributed by atoms with Crippen LogP contribution >= 0.6 is 0 Å². The standard InChI is InChI=1S/C21H27N3O2/c1-4-6-7-12-23-20(25)17-11-13-22-18(14-17)21(26)24-19-15(3)9-8-10-16(19)5-2/h8-11,13-14H,4-7,12H2,1-3H3,(H,23,25)(H,24,26). The monoisotopic (exact) mass is 353 g/mol. The molecule has 0 unspecified atom stereocenters. The number of aromatic nitrogens is 1. The number of unbranched alkanes of at least 4 members (excludes halogenated alkanes) is 2. The number of hydrogen-bond acceptors (Lipinski definition) is 3. The van der Waals surface area contributed by atoms with Gasteiger partial charge >= 0.3 is 0 Å². The molecule has 0 radical (unpaired) electrons. The number of carbonyl (C=O) groups excluding carboxylic acids is 2. The van der Waals surface area contributed by atoms with Crippen LogP contribution in [0.4, 0.5) is 5.69 Å². The van der Waals surface area contributed by atoms with Gasteiger partial charge in [0.1, 0.15) is 5.69 Å². The van der Waals surface area contributed by atoms with Crippen LogP contribution < -0.4 is 10.6 Å². The summed E-state index contributed by atoms with van der Waals surface area (Å²) in [6.07, 6.45) is 5.46. The number of pyridine rings is 1. The van der Waals surface area contributed by atoms with Crippen molar-refractivity contribution in [3.05, 3.63) is 58.9 Å². The van der Waals surface area contributed by atoms with Crippen LogP contribution in [-0.2, 0) is 6.42 Å². The molecule has 0 spiro atoms. The summed E-state index contributed by atoms with van der Waals surface area (Å²) in [6, 6.07) is 9.09. The Morgan fingerprint density at radius 1 is 1.08 bits per heavy atom. The van der Waals surface area contributed by atoms with Gasteiger partial charge in [-0.3, -0.25) is 14.6 Å². The first-order valence-electron chi connectivity index (χ1n) is 9.20. The average Bonchev–Trinajstić information content (AvgIpc) is 2.66. The third-order valence-corrected chi connectivity index (χ3v) is 4.30. The molecule has 0 aliphatic heterocycles. The Balaban J connectivity index is 2.10. The van der Waals surface area contributed by atoms with E-state index in [1.807, 2.05) is 32.0 Å². The summed E-state index contributed by atoms with van der Waals surface area (Å²) in [5.41, 5.74) is 3.57. The number of hydrogen-bond donors (Lipinski definition) is 2. The van der Waals surface area contributed by atoms with Gasteiger partial charge in [0.15, 0.2) is 0 Å². The Hall–Kier alpha value is -2.69. The number of rotatable bonds is 8. The minimum absolute atomic E-state index is 0.178. The van der Waals surface area contributed by atoms with Crippen molar-refractivity contribution in [1.82, 2.24) is 10.3 Å². The molecule has 5 heteroatoms. The highest BCUT2D eigenvalue weighted by atomic mass is 16.2. The van der Waals surface area contributed by atoms with Crippen LogP contribution in [0.25, 0.3) is 0 Å². The molecule has 5 nitrogen and oxygen atoms in total. The van der Waals surface area contributed by atoms with Gasteiger partial charge in [-0.15, -0.1) is 0 Å². The second-order valence-corrected chi connectivity index (χ2v) is 6.31. The molecule has 0 fully saturated rings. The molecule has 1 aromatic carbocycles. The van der Waals surface area contributed by atoms with E-state index in [2.05, 4.69) is 22.5 Å². The van der Waals surface area contributed by atoms with Crippen molar-refractivity contribution in [3.63, 3.8) is 0 Å². The predicted octanol–water partition coefficient (Wildman–Crippen LogP) is 4.12. The zero-order valence-corrected chi connectivity index (χ0v) is 15.8. The molecule has 0 bridgehead atoms.